The molecule has 1 atom stereocenters. The first-order chi connectivity index (χ1) is 7.91. The van der Waals surface area contributed by atoms with Crippen molar-refractivity contribution in [3.05, 3.63) is 20.7 Å². The first kappa shape index (κ1) is 14.0. The van der Waals surface area contributed by atoms with Crippen molar-refractivity contribution in [1.82, 2.24) is 9.88 Å². The molecule has 1 aromatic heterocycles. The maximum absolute atomic E-state index is 11.7. The maximum atomic E-state index is 11.7. The maximum Gasteiger partial charge on any atom is 0.307 e. The molecule has 1 aromatic rings. The number of hydrogen-bond donors (Lipinski definition) is 1. The van der Waals surface area contributed by atoms with Crippen LogP contribution < -0.4 is 10.2 Å². The predicted octanol–water partition coefficient (Wildman–Crippen LogP) is 1.77. The van der Waals surface area contributed by atoms with E-state index in [1.54, 1.807) is 4.57 Å². The van der Waals surface area contributed by atoms with Crippen LogP contribution in [0.5, 0.6) is 0 Å². The molecule has 0 aliphatic heterocycles. The molecule has 0 aromatic carbocycles. The van der Waals surface area contributed by atoms with Gasteiger partial charge in [-0.25, -0.2) is 0 Å². The van der Waals surface area contributed by atoms with E-state index >= 15 is 0 Å². The highest BCUT2D eigenvalue weighted by molar-refractivity contribution is 7.07. The molecule has 1 unspecified atom stereocenters. The van der Waals surface area contributed by atoms with Crippen molar-refractivity contribution in [2.45, 2.75) is 46.7 Å². The zero-order valence-electron chi connectivity index (χ0n) is 10.8. The van der Waals surface area contributed by atoms with E-state index in [1.165, 1.54) is 11.3 Å². The highest BCUT2D eigenvalue weighted by Crippen LogP contribution is 2.03. The summed E-state index contributed by atoms with van der Waals surface area (Å²) in [7, 11) is 0. The monoisotopic (exact) mass is 256 g/mol. The van der Waals surface area contributed by atoms with E-state index in [4.69, 9.17) is 0 Å². The van der Waals surface area contributed by atoms with Crippen LogP contribution in [0.25, 0.3) is 0 Å². The lowest BCUT2D eigenvalue weighted by atomic mass is 10.1. The third-order valence-electron chi connectivity index (χ3n) is 2.93. The van der Waals surface area contributed by atoms with E-state index in [-0.39, 0.29) is 16.8 Å². The van der Waals surface area contributed by atoms with Crippen molar-refractivity contribution < 1.29 is 4.79 Å². The molecule has 0 aliphatic carbocycles. The summed E-state index contributed by atoms with van der Waals surface area (Å²) < 4.78 is 1.64. The van der Waals surface area contributed by atoms with Gasteiger partial charge in [0, 0.05) is 30.1 Å². The van der Waals surface area contributed by atoms with E-state index < -0.39 is 0 Å². The average molecular weight is 256 g/mol. The molecule has 5 heteroatoms. The number of carbonyl (C=O) groups excluding carboxylic acids is 1. The SMILES string of the molecule is Cc1csc(=O)n1CCC(=O)NC(C)C(C)C. The minimum absolute atomic E-state index is 0.00343. The largest absolute Gasteiger partial charge is 0.353 e. The molecule has 1 rings (SSSR count). The number of rotatable bonds is 5. The van der Waals surface area contributed by atoms with Gasteiger partial charge in [-0.15, -0.1) is 0 Å². The molecular weight excluding hydrogens is 236 g/mol. The summed E-state index contributed by atoms with van der Waals surface area (Å²) >= 11 is 1.18. The van der Waals surface area contributed by atoms with Crippen molar-refractivity contribution in [3.8, 4) is 0 Å². The van der Waals surface area contributed by atoms with E-state index in [0.717, 1.165) is 5.69 Å². The summed E-state index contributed by atoms with van der Waals surface area (Å²) in [5, 5.41) is 4.75. The summed E-state index contributed by atoms with van der Waals surface area (Å²) in [6.07, 6.45) is 0.356. The van der Waals surface area contributed by atoms with Crippen molar-refractivity contribution in [1.29, 1.82) is 0 Å². The topological polar surface area (TPSA) is 51.1 Å². The Morgan fingerprint density at radius 1 is 1.47 bits per heavy atom. The summed E-state index contributed by atoms with van der Waals surface area (Å²) in [5.74, 6) is 0.424. The first-order valence-corrected chi connectivity index (χ1v) is 6.74. The predicted molar refractivity (Wildman–Crippen MR) is 70.4 cm³/mol. The Morgan fingerprint density at radius 3 is 2.59 bits per heavy atom. The molecule has 0 spiro atoms. The molecule has 1 amide bonds. The Labute approximate surface area is 106 Å². The molecule has 17 heavy (non-hydrogen) atoms. The van der Waals surface area contributed by atoms with Crippen molar-refractivity contribution in [2.24, 2.45) is 5.92 Å². The van der Waals surface area contributed by atoms with Crippen LogP contribution in [-0.2, 0) is 11.3 Å². The molecule has 4 nitrogen and oxygen atoms in total. The Bertz CT molecular complexity index is 434. The number of amides is 1. The van der Waals surface area contributed by atoms with E-state index in [1.807, 2.05) is 19.2 Å². The molecule has 0 aliphatic rings. The number of aromatic nitrogens is 1. The fourth-order valence-corrected chi connectivity index (χ4v) is 2.14. The fraction of sp³-hybridized carbons (Fsp3) is 0.667. The second-order valence-electron chi connectivity index (χ2n) is 4.64. The van der Waals surface area contributed by atoms with E-state index in [0.29, 0.717) is 18.9 Å². The van der Waals surface area contributed by atoms with Gasteiger partial charge in [0.05, 0.1) is 0 Å². The summed E-state index contributed by atoms with van der Waals surface area (Å²) in [6, 6.07) is 0.169. The molecule has 0 saturated carbocycles. The van der Waals surface area contributed by atoms with Gasteiger partial charge in [-0.05, 0) is 19.8 Å². The normalized spacial score (nSPS) is 12.8. The molecule has 0 bridgehead atoms. The third kappa shape index (κ3) is 4.00. The second kappa shape index (κ2) is 6.00. The number of thiazole rings is 1. The minimum Gasteiger partial charge on any atom is -0.353 e. The third-order valence-corrected chi connectivity index (χ3v) is 3.81. The van der Waals surface area contributed by atoms with Crippen molar-refractivity contribution in [3.63, 3.8) is 0 Å². The highest BCUT2D eigenvalue weighted by atomic mass is 32.1. The van der Waals surface area contributed by atoms with Crippen molar-refractivity contribution in [2.75, 3.05) is 0 Å². The van der Waals surface area contributed by atoms with E-state index in [9.17, 15) is 9.59 Å². The van der Waals surface area contributed by atoms with Crippen LogP contribution in [0.2, 0.25) is 0 Å². The van der Waals surface area contributed by atoms with Gasteiger partial charge in [-0.1, -0.05) is 25.2 Å². The number of carbonyl (C=O) groups is 1. The van der Waals surface area contributed by atoms with Crippen molar-refractivity contribution >= 4 is 17.2 Å². The van der Waals surface area contributed by atoms with Gasteiger partial charge in [0.1, 0.15) is 0 Å². The Hall–Kier alpha value is -1.10. The zero-order valence-corrected chi connectivity index (χ0v) is 11.6. The van der Waals surface area contributed by atoms with Gasteiger partial charge in [-0.3, -0.25) is 9.59 Å². The van der Waals surface area contributed by atoms with Crippen LogP contribution in [0, 0.1) is 12.8 Å². The summed E-state index contributed by atoms with van der Waals surface area (Å²) in [4.78, 5) is 23.1. The van der Waals surface area contributed by atoms with Crippen LogP contribution in [-0.4, -0.2) is 16.5 Å². The molecule has 0 radical (unpaired) electrons. The average Bonchev–Trinajstić information content (AvgIpc) is 2.56. The molecular formula is C12H20N2O2S. The zero-order chi connectivity index (χ0) is 13.0. The number of hydrogen-bond acceptors (Lipinski definition) is 3. The molecule has 0 saturated heterocycles. The lowest BCUT2D eigenvalue weighted by molar-refractivity contribution is -0.122. The van der Waals surface area contributed by atoms with Crippen LogP contribution >= 0.6 is 11.3 Å². The highest BCUT2D eigenvalue weighted by Gasteiger charge is 2.11. The minimum atomic E-state index is 0.00343. The summed E-state index contributed by atoms with van der Waals surface area (Å²) in [6.45, 7) is 8.47. The van der Waals surface area contributed by atoms with Crippen LogP contribution in [0.1, 0.15) is 32.9 Å². The van der Waals surface area contributed by atoms with Gasteiger partial charge in [0.2, 0.25) is 5.91 Å². The van der Waals surface area contributed by atoms with Crippen LogP contribution in [0.4, 0.5) is 0 Å². The van der Waals surface area contributed by atoms with Gasteiger partial charge in [0.25, 0.3) is 0 Å². The number of aryl methyl sites for hydroxylation is 1. The fourth-order valence-electron chi connectivity index (χ4n) is 1.38. The smallest absolute Gasteiger partial charge is 0.307 e. The quantitative estimate of drug-likeness (QED) is 0.873. The lowest BCUT2D eigenvalue weighted by Crippen LogP contribution is -2.36. The first-order valence-electron chi connectivity index (χ1n) is 5.86. The Balaban J connectivity index is 2.47. The van der Waals surface area contributed by atoms with Crippen LogP contribution in [0.15, 0.2) is 10.2 Å². The van der Waals surface area contributed by atoms with Gasteiger partial charge < -0.3 is 9.88 Å². The molecule has 1 heterocycles. The Morgan fingerprint density at radius 2 is 2.12 bits per heavy atom. The standard InChI is InChI=1S/C12H20N2O2S/c1-8(2)10(4)13-11(15)5-6-14-9(3)7-17-12(14)16/h7-8,10H,5-6H2,1-4H3,(H,13,15). The van der Waals surface area contributed by atoms with Gasteiger partial charge >= 0.3 is 4.87 Å². The second-order valence-corrected chi connectivity index (χ2v) is 5.47. The number of nitrogens with zero attached hydrogens (tertiary/aromatic N) is 1. The number of nitrogens with one attached hydrogen (secondary N) is 1. The van der Waals surface area contributed by atoms with Gasteiger partial charge in [-0.2, -0.15) is 0 Å². The summed E-state index contributed by atoms with van der Waals surface area (Å²) in [5.41, 5.74) is 0.921. The van der Waals surface area contributed by atoms with E-state index in [2.05, 4.69) is 19.2 Å². The lowest BCUT2D eigenvalue weighted by Gasteiger charge is -2.17. The van der Waals surface area contributed by atoms with Crippen LogP contribution in [0.3, 0.4) is 0 Å². The molecule has 0 fully saturated rings. The van der Waals surface area contributed by atoms with Gasteiger partial charge in [0.15, 0.2) is 0 Å². The molecule has 1 N–H and O–H groups in total. The molecule has 96 valence electrons. The Kier molecular flexibility index (Phi) is 4.93.